The van der Waals surface area contributed by atoms with E-state index in [1.54, 1.807) is 13.8 Å². The van der Waals surface area contributed by atoms with Crippen molar-refractivity contribution in [1.82, 2.24) is 0 Å². The molecule has 0 aromatic heterocycles. The molecule has 1 aromatic carbocycles. The van der Waals surface area contributed by atoms with E-state index in [9.17, 15) is 13.5 Å². The van der Waals surface area contributed by atoms with Gasteiger partial charge in [0, 0.05) is 4.75 Å². The van der Waals surface area contributed by atoms with Gasteiger partial charge >= 0.3 is 29.6 Å². The Bertz CT molecular complexity index is 630. The predicted molar refractivity (Wildman–Crippen MR) is 88.5 cm³/mol. The summed E-state index contributed by atoms with van der Waals surface area (Å²) in [6.07, 6.45) is 0. The number of hydrogen-bond donors (Lipinski definition) is 1. The maximum absolute atomic E-state index is 12.0. The summed E-state index contributed by atoms with van der Waals surface area (Å²) in [7, 11) is -4.11. The molecule has 0 bridgehead atoms. The van der Waals surface area contributed by atoms with Crippen LogP contribution in [-0.4, -0.2) is 40.1 Å². The van der Waals surface area contributed by atoms with Gasteiger partial charge in [-0.15, -0.1) is 11.8 Å². The zero-order valence-electron chi connectivity index (χ0n) is 12.6. The van der Waals surface area contributed by atoms with Gasteiger partial charge in [0.25, 0.3) is 10.1 Å². The number of nitrogens with zero attached hydrogens (tertiary/aromatic N) is 1. The third-order valence-corrected chi connectivity index (χ3v) is 4.77. The number of hydrogen-bond acceptors (Lipinski definition) is 6. The van der Waals surface area contributed by atoms with Gasteiger partial charge < -0.3 is 10.1 Å². The number of aliphatic imine (C=N–C) groups is 1. The van der Waals surface area contributed by atoms with Crippen molar-refractivity contribution >= 4 is 44.2 Å². The third-order valence-electron chi connectivity index (χ3n) is 2.48. The van der Waals surface area contributed by atoms with Crippen molar-refractivity contribution in [3.8, 4) is 0 Å². The van der Waals surface area contributed by atoms with Crippen LogP contribution in [-0.2, 0) is 10.1 Å². The van der Waals surface area contributed by atoms with Crippen LogP contribution in [0.2, 0.25) is 0 Å². The summed E-state index contributed by atoms with van der Waals surface area (Å²) in [4.78, 5) is 3.67. The summed E-state index contributed by atoms with van der Waals surface area (Å²) < 4.78 is 29.4. The molecule has 116 valence electrons. The Kier molecular flexibility index (Phi) is 9.38. The van der Waals surface area contributed by atoms with Crippen LogP contribution < -0.4 is 34.7 Å². The van der Waals surface area contributed by atoms with E-state index in [-0.39, 0.29) is 36.1 Å². The molecule has 1 rings (SSSR count). The molecule has 0 heterocycles. The zero-order chi connectivity index (χ0) is 16.1. The van der Waals surface area contributed by atoms with Crippen LogP contribution in [0, 0.1) is 0 Å². The molecule has 0 unspecified atom stereocenters. The number of rotatable bonds is 6. The van der Waals surface area contributed by atoms with Gasteiger partial charge in [0.15, 0.2) is 0 Å². The van der Waals surface area contributed by atoms with Crippen LogP contribution in [0.25, 0.3) is 0 Å². The molecule has 0 radical (unpaired) electrons. The van der Waals surface area contributed by atoms with Crippen molar-refractivity contribution in [2.75, 3.05) is 12.3 Å². The van der Waals surface area contributed by atoms with Gasteiger partial charge in [-0.05, 0) is 25.3 Å². The van der Waals surface area contributed by atoms with E-state index in [1.165, 1.54) is 11.8 Å². The molecular weight excluding hydrogens is 353 g/mol. The average Bonchev–Trinajstić information content (AvgIpc) is 2.37. The first-order valence-electron chi connectivity index (χ1n) is 6.07. The Morgan fingerprint density at radius 1 is 1.36 bits per heavy atom. The quantitative estimate of drug-likeness (QED) is 0.216. The first-order chi connectivity index (χ1) is 9.62. The Morgan fingerprint density at radius 3 is 2.41 bits per heavy atom. The first kappa shape index (κ1) is 22.0. The number of benzene rings is 1. The van der Waals surface area contributed by atoms with Crippen LogP contribution in [0.5, 0.6) is 0 Å². The minimum atomic E-state index is -4.11. The van der Waals surface area contributed by atoms with E-state index in [0.717, 1.165) is 5.56 Å². The average molecular weight is 369 g/mol. The van der Waals surface area contributed by atoms with Crippen LogP contribution >= 0.6 is 24.0 Å². The first-order valence-corrected chi connectivity index (χ1v) is 8.91. The molecular formula is C13H16NNaO4S3. The molecule has 0 aliphatic carbocycles. The fourth-order valence-electron chi connectivity index (χ4n) is 1.36. The number of thioether (sulfide) groups is 1. The van der Waals surface area contributed by atoms with E-state index in [2.05, 4.69) is 4.99 Å². The van der Waals surface area contributed by atoms with Gasteiger partial charge in [-0.25, -0.2) is 0 Å². The normalized spacial score (nSPS) is 12.6. The molecule has 0 saturated heterocycles. The van der Waals surface area contributed by atoms with E-state index in [0.29, 0.717) is 4.20 Å². The van der Waals surface area contributed by atoms with Crippen LogP contribution in [0.3, 0.4) is 0 Å². The van der Waals surface area contributed by atoms with Gasteiger partial charge in [0.05, 0.1) is 16.5 Å². The molecule has 5 nitrogen and oxygen atoms in total. The number of thiocarbonyl (C=S) groups is 1. The van der Waals surface area contributed by atoms with E-state index >= 15 is 0 Å². The van der Waals surface area contributed by atoms with E-state index in [1.807, 2.05) is 30.3 Å². The maximum atomic E-state index is 12.0. The van der Waals surface area contributed by atoms with Gasteiger partial charge in [0.2, 0.25) is 0 Å². The smallest absolute Gasteiger partial charge is 0.861 e. The summed E-state index contributed by atoms with van der Waals surface area (Å²) in [5.41, 5.74) is 0.844. The zero-order valence-corrected chi connectivity index (χ0v) is 17.1. The van der Waals surface area contributed by atoms with Crippen LogP contribution in [0.15, 0.2) is 35.3 Å². The Labute approximate surface area is 162 Å². The van der Waals surface area contributed by atoms with Crippen molar-refractivity contribution in [3.05, 3.63) is 35.9 Å². The summed E-state index contributed by atoms with van der Waals surface area (Å²) in [6.45, 7) is 3.08. The third kappa shape index (κ3) is 8.05. The van der Waals surface area contributed by atoms with Crippen LogP contribution in [0.1, 0.15) is 19.4 Å². The van der Waals surface area contributed by atoms with Crippen molar-refractivity contribution in [2.45, 2.75) is 18.6 Å². The fourth-order valence-corrected chi connectivity index (χ4v) is 3.31. The molecule has 0 amide bonds. The molecule has 0 aliphatic rings. The van der Waals surface area contributed by atoms with Crippen molar-refractivity contribution in [1.29, 1.82) is 0 Å². The van der Waals surface area contributed by atoms with E-state index < -0.39 is 26.5 Å². The topological polar surface area (TPSA) is 89.8 Å². The molecule has 0 atom stereocenters. The second-order valence-electron chi connectivity index (χ2n) is 4.74. The largest absolute Gasteiger partial charge is 1.00 e. The van der Waals surface area contributed by atoms with Crippen molar-refractivity contribution < 1.29 is 47.6 Å². The molecule has 9 heteroatoms. The molecule has 0 saturated carbocycles. The minimum absolute atomic E-state index is 0. The SMILES string of the molecule is CC(C)(SC(=S)c1ccccc1)C([O-])=NCCS(=O)(=O)O.[Na+]. The summed E-state index contributed by atoms with van der Waals surface area (Å²) in [6, 6.07) is 9.29. The van der Waals surface area contributed by atoms with Crippen LogP contribution in [0.4, 0.5) is 0 Å². The van der Waals surface area contributed by atoms with Gasteiger partial charge in [-0.3, -0.25) is 4.55 Å². The minimum Gasteiger partial charge on any atom is -0.861 e. The van der Waals surface area contributed by atoms with Gasteiger partial charge in [-0.2, -0.15) is 8.42 Å². The Morgan fingerprint density at radius 2 is 1.91 bits per heavy atom. The van der Waals surface area contributed by atoms with E-state index in [4.69, 9.17) is 16.8 Å². The Balaban J connectivity index is 0.00000441. The standard InChI is InChI=1S/C13H17NO4S3.Na/c1-13(2,12(15)14-8-9-21(16,17)18)20-11(19)10-6-4-3-5-7-10;/h3-7H,8-9H2,1-2H3,(H,14,15)(H,16,17,18);/q;+1/p-1. The molecule has 1 aromatic rings. The maximum Gasteiger partial charge on any atom is 1.00 e. The van der Waals surface area contributed by atoms with Gasteiger partial charge in [0.1, 0.15) is 0 Å². The van der Waals surface area contributed by atoms with Gasteiger partial charge in [-0.1, -0.05) is 42.5 Å². The predicted octanol–water partition coefficient (Wildman–Crippen LogP) is -1.48. The van der Waals surface area contributed by atoms with Crippen molar-refractivity contribution in [2.24, 2.45) is 4.99 Å². The molecule has 1 N–H and O–H groups in total. The molecule has 0 aliphatic heterocycles. The second kappa shape index (κ2) is 9.36. The monoisotopic (exact) mass is 369 g/mol. The molecule has 0 spiro atoms. The van der Waals surface area contributed by atoms with Crippen molar-refractivity contribution in [3.63, 3.8) is 0 Å². The summed E-state index contributed by atoms with van der Waals surface area (Å²) >= 11 is 6.49. The molecule has 0 fully saturated rings. The Hall–Kier alpha value is 0.0400. The summed E-state index contributed by atoms with van der Waals surface area (Å²) in [5.74, 6) is -1.03. The second-order valence-corrected chi connectivity index (χ2v) is 8.61. The summed E-state index contributed by atoms with van der Waals surface area (Å²) in [5, 5.41) is 12.0. The molecule has 22 heavy (non-hydrogen) atoms. The fraction of sp³-hybridized carbons (Fsp3) is 0.385.